The quantitative estimate of drug-likeness (QED) is 0.114. The Bertz CT molecular complexity index is 2820. The summed E-state index contributed by atoms with van der Waals surface area (Å²) in [5, 5.41) is 5.75. The third-order valence-electron chi connectivity index (χ3n) is 26.1. The Morgan fingerprint density at radius 2 is 0.855 bits per heavy atom. The molecule has 12 saturated carbocycles. The standard InChI is InChI=1S/C66H83B2N/c1-36-52-26-41(63(52,5)6)30-56(36)67(57-31-42-27-53(37(57)2)64(42,7)8)45-22-21-40-25-51-48-24-23-46(35-61(48)69(47-17-14-13-15-18-47)60-20-16-19-49(62(51)60)50(40)34-45)68(58-32-43-28-54(38(58)3)65(43,9)10)59-33-44-29-55(39(59)4)66(44,11)12/h13-25,34-39,41-44,52-59H,26-33H2,1-12H3. The predicted octanol–water partition coefficient (Wildman–Crippen LogP) is 17.1. The lowest BCUT2D eigenvalue weighted by atomic mass is 9.19. The van der Waals surface area contributed by atoms with Crippen molar-refractivity contribution in [2.75, 3.05) is 4.90 Å². The number of hydrogen-bond acceptors (Lipinski definition) is 1. The maximum atomic E-state index is 2.75. The van der Waals surface area contributed by atoms with E-state index >= 15 is 0 Å². The maximum Gasteiger partial charge on any atom is 0.182 e. The lowest BCUT2D eigenvalue weighted by Crippen LogP contribution is -2.61. The molecule has 0 radical (unpaired) electrons. The first-order valence-electron chi connectivity index (χ1n) is 28.9. The van der Waals surface area contributed by atoms with Gasteiger partial charge in [0.1, 0.15) is 0 Å². The van der Waals surface area contributed by atoms with Gasteiger partial charge in [0.15, 0.2) is 13.4 Å². The average Bonchev–Trinajstić information content (AvgIpc) is 3.33. The molecule has 12 fully saturated rings. The molecule has 5 aromatic rings. The van der Waals surface area contributed by atoms with Gasteiger partial charge in [-0.2, -0.15) is 0 Å². The summed E-state index contributed by atoms with van der Waals surface area (Å²) in [4.78, 5) is 2.69. The van der Waals surface area contributed by atoms with Gasteiger partial charge in [-0.25, -0.2) is 0 Å². The number of anilines is 3. The molecule has 18 rings (SSSR count). The SMILES string of the molecule is CC1C(B(c2ccc3c(c2)N(c2ccccc2)c2cccc4c2c-3cc2ccc(B(C3CC5CC(C3C)C5(C)C)C3CC5CC(C3C)C5(C)C)cc24)C2CC3CC(C2C)C3(C)C)CC2CC1C2(C)C. The maximum absolute atomic E-state index is 2.75. The van der Waals surface area contributed by atoms with Crippen molar-refractivity contribution in [2.45, 2.75) is 158 Å². The summed E-state index contributed by atoms with van der Waals surface area (Å²) in [6, 6.07) is 37.4. The van der Waals surface area contributed by atoms with E-state index in [2.05, 4.69) is 179 Å². The number of rotatable bonds is 7. The topological polar surface area (TPSA) is 3.24 Å². The average molecular weight is 912 g/mol. The van der Waals surface area contributed by atoms with Gasteiger partial charge in [0, 0.05) is 16.6 Å². The van der Waals surface area contributed by atoms with Crippen LogP contribution in [0.3, 0.4) is 0 Å². The normalized spacial score (nSPS) is 39.6. The third kappa shape index (κ3) is 5.81. The van der Waals surface area contributed by atoms with Crippen LogP contribution < -0.4 is 15.8 Å². The van der Waals surface area contributed by atoms with Gasteiger partial charge in [0.2, 0.25) is 0 Å². The van der Waals surface area contributed by atoms with Crippen LogP contribution in [0.5, 0.6) is 0 Å². The summed E-state index contributed by atoms with van der Waals surface area (Å²) in [5.41, 5.74) is 12.1. The van der Waals surface area contributed by atoms with E-state index < -0.39 is 0 Å². The van der Waals surface area contributed by atoms with E-state index in [0.717, 1.165) is 94.3 Å². The highest BCUT2D eigenvalue weighted by molar-refractivity contribution is 6.77. The van der Waals surface area contributed by atoms with Gasteiger partial charge in [0.05, 0.1) is 11.4 Å². The minimum absolute atomic E-state index is 0.493. The molecule has 0 saturated heterocycles. The Morgan fingerprint density at radius 1 is 0.406 bits per heavy atom. The van der Waals surface area contributed by atoms with Crippen LogP contribution in [0.2, 0.25) is 23.3 Å². The smallest absolute Gasteiger partial charge is 0.182 e. The minimum atomic E-state index is 0.493. The first-order chi connectivity index (χ1) is 32.9. The highest BCUT2D eigenvalue weighted by Gasteiger charge is 2.64. The van der Waals surface area contributed by atoms with E-state index in [1.165, 1.54) is 101 Å². The fourth-order valence-electron chi connectivity index (χ4n) is 21.2. The fraction of sp³-hybridized carbons (Fsp3) is 0.606. The van der Waals surface area contributed by atoms with Crippen LogP contribution in [0.25, 0.3) is 32.7 Å². The van der Waals surface area contributed by atoms with E-state index in [1.807, 2.05) is 0 Å². The van der Waals surface area contributed by atoms with Gasteiger partial charge < -0.3 is 4.90 Å². The van der Waals surface area contributed by atoms with Crippen LogP contribution >= 0.6 is 0 Å². The Morgan fingerprint density at radius 3 is 1.30 bits per heavy atom. The largest absolute Gasteiger partial charge is 0.309 e. The Labute approximate surface area is 418 Å². The zero-order valence-electron chi connectivity index (χ0n) is 44.7. The summed E-state index contributed by atoms with van der Waals surface area (Å²) in [6.07, 6.45) is 11.5. The van der Waals surface area contributed by atoms with E-state index in [1.54, 1.807) is 10.9 Å². The van der Waals surface area contributed by atoms with Crippen molar-refractivity contribution in [3.05, 3.63) is 91.0 Å². The van der Waals surface area contributed by atoms with Crippen molar-refractivity contribution in [2.24, 2.45) is 92.7 Å². The van der Waals surface area contributed by atoms with Crippen LogP contribution in [-0.2, 0) is 0 Å². The van der Waals surface area contributed by atoms with E-state index in [0.29, 0.717) is 35.1 Å². The summed E-state index contributed by atoms with van der Waals surface area (Å²) in [6.45, 7) is 32.8. The molecule has 1 aliphatic heterocycles. The minimum Gasteiger partial charge on any atom is -0.309 e. The Hall–Kier alpha value is -3.45. The number of benzene rings is 5. The van der Waals surface area contributed by atoms with Crippen molar-refractivity contribution in [3.8, 4) is 11.1 Å². The molecular weight excluding hydrogens is 828 g/mol. The van der Waals surface area contributed by atoms with Gasteiger partial charge in [-0.05, 0) is 170 Å². The molecule has 8 bridgehead atoms. The van der Waals surface area contributed by atoms with Crippen LogP contribution in [0, 0.1) is 92.7 Å². The molecular formula is C66H83B2N. The van der Waals surface area contributed by atoms with Crippen LogP contribution in [0.4, 0.5) is 17.1 Å². The summed E-state index contributed by atoms with van der Waals surface area (Å²) >= 11 is 0. The van der Waals surface area contributed by atoms with Crippen LogP contribution in [0.1, 0.15) is 134 Å². The number of hydrogen-bond donors (Lipinski definition) is 0. The molecule has 0 amide bonds. The van der Waals surface area contributed by atoms with Gasteiger partial charge in [0.25, 0.3) is 0 Å². The second-order valence-electron chi connectivity index (χ2n) is 29.1. The highest BCUT2D eigenvalue weighted by Crippen LogP contribution is 2.72. The number of fused-ring (bicyclic) bond motifs is 12. The molecule has 1 nitrogen and oxygen atoms in total. The molecule has 5 aromatic carbocycles. The van der Waals surface area contributed by atoms with Gasteiger partial charge in [-0.1, -0.05) is 204 Å². The Kier molecular flexibility index (Phi) is 9.38. The zero-order chi connectivity index (χ0) is 47.6. The first kappa shape index (κ1) is 44.3. The molecule has 12 aliphatic carbocycles. The van der Waals surface area contributed by atoms with E-state index in [9.17, 15) is 0 Å². The lowest BCUT2D eigenvalue weighted by molar-refractivity contribution is -0.107. The second-order valence-corrected chi connectivity index (χ2v) is 29.1. The molecule has 3 heteroatoms. The monoisotopic (exact) mass is 912 g/mol. The molecule has 13 aliphatic rings. The molecule has 1 heterocycles. The zero-order valence-corrected chi connectivity index (χ0v) is 44.7. The molecule has 16 unspecified atom stereocenters. The lowest BCUT2D eigenvalue weighted by Gasteiger charge is -2.66. The first-order valence-corrected chi connectivity index (χ1v) is 28.9. The van der Waals surface area contributed by atoms with Gasteiger partial charge >= 0.3 is 0 Å². The molecule has 358 valence electrons. The molecule has 69 heavy (non-hydrogen) atoms. The fourth-order valence-corrected chi connectivity index (χ4v) is 21.2. The molecule has 16 atom stereocenters. The summed E-state index contributed by atoms with van der Waals surface area (Å²) in [7, 11) is 0. The van der Waals surface area contributed by atoms with E-state index in [4.69, 9.17) is 0 Å². The van der Waals surface area contributed by atoms with Gasteiger partial charge in [-0.15, -0.1) is 0 Å². The van der Waals surface area contributed by atoms with Crippen LogP contribution in [0.15, 0.2) is 91.0 Å². The molecule has 0 N–H and O–H groups in total. The van der Waals surface area contributed by atoms with Crippen molar-refractivity contribution in [1.29, 1.82) is 0 Å². The number of nitrogens with zero attached hydrogens (tertiary/aromatic N) is 1. The van der Waals surface area contributed by atoms with Crippen molar-refractivity contribution in [3.63, 3.8) is 0 Å². The van der Waals surface area contributed by atoms with Crippen molar-refractivity contribution < 1.29 is 0 Å². The summed E-state index contributed by atoms with van der Waals surface area (Å²) in [5.74, 6) is 13.1. The second kappa shape index (κ2) is 14.6. The van der Waals surface area contributed by atoms with Crippen molar-refractivity contribution >= 4 is 63.0 Å². The molecule has 0 spiro atoms. The summed E-state index contributed by atoms with van der Waals surface area (Å²) < 4.78 is 0. The third-order valence-corrected chi connectivity index (χ3v) is 26.1. The van der Waals surface area contributed by atoms with E-state index in [-0.39, 0.29) is 0 Å². The van der Waals surface area contributed by atoms with Crippen molar-refractivity contribution in [1.82, 2.24) is 0 Å². The van der Waals surface area contributed by atoms with Crippen LogP contribution in [-0.4, -0.2) is 13.4 Å². The Balaban J connectivity index is 0.916. The number of para-hydroxylation sites is 1. The van der Waals surface area contributed by atoms with Gasteiger partial charge in [-0.3, -0.25) is 0 Å². The molecule has 0 aromatic heterocycles. The predicted molar refractivity (Wildman–Crippen MR) is 298 cm³/mol. The highest BCUT2D eigenvalue weighted by atomic mass is 15.2.